The van der Waals surface area contributed by atoms with Gasteiger partial charge in [0.25, 0.3) is 6.43 Å². The van der Waals surface area contributed by atoms with E-state index < -0.39 is 34.6 Å². The van der Waals surface area contributed by atoms with Crippen LogP contribution in [-0.4, -0.2) is 49.9 Å². The first kappa shape index (κ1) is 24.6. The maximum absolute atomic E-state index is 15.4. The lowest BCUT2D eigenvalue weighted by atomic mass is 9.96. The first-order valence-corrected chi connectivity index (χ1v) is 10.4. The molecular weight excluding hydrogens is 441 g/mol. The zero-order valence-electron chi connectivity index (χ0n) is 19.2. The van der Waals surface area contributed by atoms with Crippen molar-refractivity contribution < 1.29 is 32.2 Å². The van der Waals surface area contributed by atoms with Crippen LogP contribution in [-0.2, 0) is 11.3 Å². The summed E-state index contributed by atoms with van der Waals surface area (Å²) in [6, 6.07) is 3.11. The Labute approximate surface area is 189 Å². The van der Waals surface area contributed by atoms with Crippen molar-refractivity contribution >= 4 is 5.78 Å². The van der Waals surface area contributed by atoms with Gasteiger partial charge < -0.3 is 14.2 Å². The molecule has 1 aliphatic rings. The largest absolute Gasteiger partial charge is 0.493 e. The number of hydrogen-bond donors (Lipinski definition) is 0. The van der Waals surface area contributed by atoms with E-state index in [0.717, 1.165) is 17.8 Å². The van der Waals surface area contributed by atoms with Crippen molar-refractivity contribution in [3.8, 4) is 22.8 Å². The summed E-state index contributed by atoms with van der Waals surface area (Å²) in [5, 5.41) is 1.24. The summed E-state index contributed by atoms with van der Waals surface area (Å²) in [5.41, 5.74) is -2.71. The molecule has 0 saturated heterocycles. The van der Waals surface area contributed by atoms with Crippen molar-refractivity contribution in [2.24, 2.45) is 0 Å². The number of benzene rings is 1. The van der Waals surface area contributed by atoms with Gasteiger partial charge in [-0.2, -0.15) is 0 Å². The van der Waals surface area contributed by atoms with E-state index >= 15 is 4.39 Å². The zero-order valence-corrected chi connectivity index (χ0v) is 19.2. The van der Waals surface area contributed by atoms with Crippen molar-refractivity contribution in [3.63, 3.8) is 0 Å². The Morgan fingerprint density at radius 3 is 2.45 bits per heavy atom. The molecule has 1 aliphatic heterocycles. The first-order valence-electron chi connectivity index (χ1n) is 10.4. The van der Waals surface area contributed by atoms with Gasteiger partial charge in [-0.05, 0) is 38.5 Å². The predicted octanol–water partition coefficient (Wildman–Crippen LogP) is 3.78. The molecule has 1 aromatic carbocycles. The van der Waals surface area contributed by atoms with Crippen molar-refractivity contribution in [1.29, 1.82) is 0 Å². The van der Waals surface area contributed by atoms with Crippen LogP contribution < -0.4 is 19.9 Å². The second-order valence-electron chi connectivity index (χ2n) is 8.30. The van der Waals surface area contributed by atoms with E-state index in [1.807, 2.05) is 0 Å². The van der Waals surface area contributed by atoms with Crippen LogP contribution in [0.4, 0.5) is 13.2 Å². The molecule has 2 aromatic rings. The van der Waals surface area contributed by atoms with Crippen LogP contribution in [0.1, 0.15) is 43.1 Å². The Morgan fingerprint density at radius 1 is 1.18 bits per heavy atom. The molecule has 0 amide bonds. The van der Waals surface area contributed by atoms with Crippen LogP contribution in [0.2, 0.25) is 0 Å². The first-order chi connectivity index (χ1) is 15.5. The summed E-state index contributed by atoms with van der Waals surface area (Å²) in [7, 11) is 2.99. The molecule has 0 aliphatic carbocycles. The van der Waals surface area contributed by atoms with Gasteiger partial charge in [-0.15, -0.1) is 0 Å². The van der Waals surface area contributed by atoms with Crippen molar-refractivity contribution in [3.05, 3.63) is 45.5 Å². The Bertz CT molecular complexity index is 1110. The van der Waals surface area contributed by atoms with Gasteiger partial charge in [-0.3, -0.25) is 19.3 Å². The van der Waals surface area contributed by atoms with E-state index in [1.54, 1.807) is 13.2 Å². The second-order valence-corrected chi connectivity index (χ2v) is 8.30. The molecule has 0 spiro atoms. The number of Topliss-reactive ketones (excluding diaryl/α,β-unsaturated/α-hetero) is 1. The number of fused-ring (bicyclic) bond motifs is 3. The summed E-state index contributed by atoms with van der Waals surface area (Å²) in [4.78, 5) is 24.5. The van der Waals surface area contributed by atoms with Gasteiger partial charge in [-0.25, -0.2) is 13.2 Å². The van der Waals surface area contributed by atoms with E-state index in [0.29, 0.717) is 42.3 Å². The van der Waals surface area contributed by atoms with Crippen molar-refractivity contribution in [1.82, 2.24) is 4.68 Å². The molecule has 0 bridgehead atoms. The summed E-state index contributed by atoms with van der Waals surface area (Å²) in [6.45, 7) is 4.50. The molecule has 180 valence electrons. The number of methoxy groups -OCH3 is 2. The molecule has 0 atom stereocenters. The molecule has 0 saturated carbocycles. The van der Waals surface area contributed by atoms with Gasteiger partial charge in [0.15, 0.2) is 23.1 Å². The number of carbonyl (C=O) groups excluding carboxylic acids is 1. The van der Waals surface area contributed by atoms with Crippen LogP contribution in [0.15, 0.2) is 23.1 Å². The normalized spacial score (nSPS) is 13.1. The molecule has 0 radical (unpaired) electrons. The summed E-state index contributed by atoms with van der Waals surface area (Å²) < 4.78 is 60.7. The molecule has 3 rings (SSSR count). The number of aromatic nitrogens is 1. The highest BCUT2D eigenvalue weighted by molar-refractivity contribution is 5.94. The molecular formula is C23H27F3N2O5. The topological polar surface area (TPSA) is 70.0 Å². The number of halogens is 3. The monoisotopic (exact) mass is 468 g/mol. The van der Waals surface area contributed by atoms with Crippen LogP contribution >= 0.6 is 0 Å². The minimum absolute atomic E-state index is 0.0439. The molecule has 0 unspecified atom stereocenters. The van der Waals surface area contributed by atoms with Crippen molar-refractivity contribution in [2.45, 2.75) is 45.7 Å². The third-order valence-corrected chi connectivity index (χ3v) is 5.69. The highest BCUT2D eigenvalue weighted by Gasteiger charge is 2.41. The number of nitrogens with zero attached hydrogens (tertiary/aromatic N) is 2. The van der Waals surface area contributed by atoms with Gasteiger partial charge in [-0.1, -0.05) is 0 Å². The van der Waals surface area contributed by atoms with E-state index in [1.165, 1.54) is 32.0 Å². The highest BCUT2D eigenvalue weighted by Crippen LogP contribution is 2.41. The predicted molar refractivity (Wildman–Crippen MR) is 117 cm³/mol. The summed E-state index contributed by atoms with van der Waals surface area (Å²) >= 11 is 0. The fraction of sp³-hybridized carbons (Fsp3) is 0.478. The summed E-state index contributed by atoms with van der Waals surface area (Å²) in [6.07, 6.45) is -1.07. The number of pyridine rings is 1. The van der Waals surface area contributed by atoms with Gasteiger partial charge in [0.05, 0.1) is 25.8 Å². The van der Waals surface area contributed by atoms with Crippen LogP contribution in [0, 0.1) is 5.82 Å². The van der Waals surface area contributed by atoms with Gasteiger partial charge in [0.2, 0.25) is 5.43 Å². The van der Waals surface area contributed by atoms with E-state index in [4.69, 9.17) is 14.2 Å². The lowest BCUT2D eigenvalue weighted by Crippen LogP contribution is -2.57. The Hall–Kier alpha value is -3.01. The van der Waals surface area contributed by atoms with Gasteiger partial charge in [0.1, 0.15) is 11.2 Å². The molecule has 33 heavy (non-hydrogen) atoms. The van der Waals surface area contributed by atoms with E-state index in [2.05, 4.69) is 0 Å². The molecule has 1 aromatic heterocycles. The lowest BCUT2D eigenvalue weighted by molar-refractivity contribution is 0.0533. The molecule has 0 N–H and O–H groups in total. The smallest absolute Gasteiger partial charge is 0.262 e. The van der Waals surface area contributed by atoms with Crippen LogP contribution in [0.5, 0.6) is 11.5 Å². The quantitative estimate of drug-likeness (QED) is 0.412. The van der Waals surface area contributed by atoms with Gasteiger partial charge in [0, 0.05) is 31.9 Å². The average Bonchev–Trinajstić information content (AvgIpc) is 2.77. The van der Waals surface area contributed by atoms with E-state index in [-0.39, 0.29) is 12.2 Å². The molecule has 7 nitrogen and oxygen atoms in total. The highest BCUT2D eigenvalue weighted by atomic mass is 19.3. The second kappa shape index (κ2) is 9.46. The average molecular weight is 468 g/mol. The molecule has 0 fully saturated rings. The van der Waals surface area contributed by atoms with Gasteiger partial charge >= 0.3 is 0 Å². The number of carbonyl (C=O) groups is 1. The lowest BCUT2D eigenvalue weighted by Gasteiger charge is -2.45. The van der Waals surface area contributed by atoms with Crippen LogP contribution in [0.3, 0.4) is 0 Å². The van der Waals surface area contributed by atoms with E-state index in [9.17, 15) is 18.4 Å². The van der Waals surface area contributed by atoms with Crippen molar-refractivity contribution in [2.75, 3.05) is 32.4 Å². The standard InChI is InChI=1S/C23H27F3N2O5/c1-13(29)16-12-27-20(19(24)21(16)30)15-10-17(32-5)18(33-8-6-7-31-4)9-14(15)11-28(27)23(2,3)22(25)26/h9-10,12,22H,6-8,11H2,1-5H3. The number of ketones is 1. The maximum atomic E-state index is 15.4. The Balaban J connectivity index is 2.24. The SMILES string of the molecule is COCCCOc1cc2c(cc1OC)-c1c(F)c(=O)c(C(C)=O)cn1N(C(C)(C)C(F)F)C2. The summed E-state index contributed by atoms with van der Waals surface area (Å²) in [5.74, 6) is -1.21. The number of rotatable bonds is 9. The minimum atomic E-state index is -2.81. The fourth-order valence-corrected chi connectivity index (χ4v) is 3.70. The zero-order chi connectivity index (χ0) is 24.5. The minimum Gasteiger partial charge on any atom is -0.493 e. The Kier molecular flexibility index (Phi) is 7.06. The fourth-order valence-electron chi connectivity index (χ4n) is 3.70. The Morgan fingerprint density at radius 2 is 1.88 bits per heavy atom. The third kappa shape index (κ3) is 4.44. The number of hydrogen-bond acceptors (Lipinski definition) is 6. The van der Waals surface area contributed by atoms with Crippen LogP contribution in [0.25, 0.3) is 11.3 Å². The number of alkyl halides is 2. The number of ether oxygens (including phenoxy) is 3. The third-order valence-electron chi connectivity index (χ3n) is 5.69. The maximum Gasteiger partial charge on any atom is 0.262 e. The molecule has 2 heterocycles. The molecule has 10 heteroatoms.